The maximum Gasteiger partial charge on any atom is 0.129 e. The average Bonchev–Trinajstić information content (AvgIpc) is 3.33. The lowest BCUT2D eigenvalue weighted by Gasteiger charge is -2.30. The van der Waals surface area contributed by atoms with Crippen molar-refractivity contribution < 1.29 is 13.7 Å². The molecule has 224 valence electrons. The zero-order valence-electron chi connectivity index (χ0n) is 25.5. The van der Waals surface area contributed by atoms with Crippen LogP contribution in [0.3, 0.4) is 0 Å². The quantitative estimate of drug-likeness (QED) is 0.205. The fourth-order valence-electron chi connectivity index (χ4n) is 5.50. The van der Waals surface area contributed by atoms with E-state index in [4.69, 9.17) is 9.47 Å². The number of anilines is 1. The molecule has 0 saturated carbocycles. The molecule has 1 aliphatic heterocycles. The van der Waals surface area contributed by atoms with Crippen LogP contribution in [0.15, 0.2) is 42.6 Å². The Hall–Kier alpha value is -2.51. The van der Waals surface area contributed by atoms with Crippen LogP contribution in [0.4, 0.5) is 5.69 Å². The summed E-state index contributed by atoms with van der Waals surface area (Å²) in [5.41, 5.74) is 3.81. The van der Waals surface area contributed by atoms with E-state index in [1.807, 2.05) is 25.1 Å². The summed E-state index contributed by atoms with van der Waals surface area (Å²) in [5.74, 6) is 3.42. The van der Waals surface area contributed by atoms with E-state index in [2.05, 4.69) is 76.9 Å². The van der Waals surface area contributed by atoms with Gasteiger partial charge in [0.15, 0.2) is 0 Å². The number of rotatable bonds is 13. The second-order valence-electron chi connectivity index (χ2n) is 11.5. The van der Waals surface area contributed by atoms with Gasteiger partial charge in [0.25, 0.3) is 0 Å². The molecule has 41 heavy (non-hydrogen) atoms. The molecule has 0 radical (unpaired) electrons. The Bertz CT molecular complexity index is 1380. The van der Waals surface area contributed by atoms with Gasteiger partial charge in [0.05, 0.1) is 28.7 Å². The molecule has 0 aliphatic carbocycles. The number of hydrogen-bond donors (Lipinski definition) is 0. The van der Waals surface area contributed by atoms with Gasteiger partial charge in [-0.25, -0.2) is 18.5 Å². The second-order valence-corrected chi connectivity index (χ2v) is 17.8. The molecule has 1 unspecified atom stereocenters. The number of ether oxygens (including phenoxy) is 2. The number of nitriles is 1. The van der Waals surface area contributed by atoms with Gasteiger partial charge in [-0.1, -0.05) is 13.0 Å². The van der Waals surface area contributed by atoms with Gasteiger partial charge in [0.2, 0.25) is 0 Å². The van der Waals surface area contributed by atoms with Gasteiger partial charge in [-0.3, -0.25) is 0 Å². The molecule has 1 saturated heterocycles. The van der Waals surface area contributed by atoms with Crippen molar-refractivity contribution in [1.29, 1.82) is 5.26 Å². The van der Waals surface area contributed by atoms with Crippen LogP contribution in [0.1, 0.15) is 50.7 Å². The molecular formula is C32H46N4O3S2. The lowest BCUT2D eigenvalue weighted by molar-refractivity contribution is 0.0925. The maximum absolute atomic E-state index is 12.4. The third kappa shape index (κ3) is 7.86. The fraction of sp³-hybridized carbons (Fsp3) is 0.531. The predicted molar refractivity (Wildman–Crippen MR) is 175 cm³/mol. The lowest BCUT2D eigenvalue weighted by Crippen LogP contribution is -2.35. The fourth-order valence-corrected chi connectivity index (χ4v) is 7.11. The van der Waals surface area contributed by atoms with Crippen molar-refractivity contribution in [2.75, 3.05) is 68.0 Å². The molecule has 0 bridgehead atoms. The molecule has 7 nitrogen and oxygen atoms in total. The Balaban J connectivity index is 1.69. The molecule has 3 aromatic rings. The Labute approximate surface area is 250 Å². The van der Waals surface area contributed by atoms with Crippen LogP contribution in [0, 0.1) is 11.3 Å². The molecule has 1 aliphatic rings. The van der Waals surface area contributed by atoms with Crippen molar-refractivity contribution in [3.05, 3.63) is 53.7 Å². The molecule has 0 spiro atoms. The summed E-state index contributed by atoms with van der Waals surface area (Å²) >= 11 is 0. The Kier molecular flexibility index (Phi) is 10.8. The summed E-state index contributed by atoms with van der Waals surface area (Å²) in [4.78, 5) is 2.29. The molecule has 1 fully saturated rings. The smallest absolute Gasteiger partial charge is 0.129 e. The van der Waals surface area contributed by atoms with Crippen LogP contribution in [0.25, 0.3) is 10.9 Å². The van der Waals surface area contributed by atoms with Crippen molar-refractivity contribution >= 4 is 37.6 Å². The van der Waals surface area contributed by atoms with Crippen molar-refractivity contribution in [3.8, 4) is 17.6 Å². The van der Waals surface area contributed by atoms with Gasteiger partial charge in [0, 0.05) is 67.1 Å². The van der Waals surface area contributed by atoms with Crippen LogP contribution < -0.4 is 9.64 Å². The first-order valence-electron chi connectivity index (χ1n) is 14.6. The first-order valence-corrected chi connectivity index (χ1v) is 18.9. The normalized spacial score (nSPS) is 16.0. The largest absolute Gasteiger partial charge is 0.457 e. The van der Waals surface area contributed by atoms with E-state index in [9.17, 15) is 9.47 Å². The van der Waals surface area contributed by atoms with Crippen LogP contribution >= 0.6 is 10.0 Å². The number of hydrogen-bond acceptors (Lipinski definition) is 5. The summed E-state index contributed by atoms with van der Waals surface area (Å²) in [6.07, 6.45) is 10.9. The van der Waals surface area contributed by atoms with Gasteiger partial charge in [-0.05, 0) is 75.1 Å². The highest BCUT2D eigenvalue weighted by molar-refractivity contribution is 8.32. The number of fused-ring (bicyclic) bond motifs is 1. The van der Waals surface area contributed by atoms with E-state index in [1.165, 1.54) is 5.56 Å². The minimum Gasteiger partial charge on any atom is -0.457 e. The Morgan fingerprint density at radius 2 is 1.80 bits per heavy atom. The highest BCUT2D eigenvalue weighted by Crippen LogP contribution is 2.39. The zero-order valence-corrected chi connectivity index (χ0v) is 27.2. The zero-order chi connectivity index (χ0) is 29.6. The van der Waals surface area contributed by atoms with Crippen molar-refractivity contribution in [3.63, 3.8) is 0 Å². The molecule has 4 rings (SSSR count). The first-order chi connectivity index (χ1) is 19.7. The molecule has 1 aromatic heterocycles. The van der Waals surface area contributed by atoms with Crippen molar-refractivity contribution in [2.45, 2.75) is 46.3 Å². The molecule has 2 heterocycles. The number of nitrogens with zero attached hydrogens (tertiary/aromatic N) is 4. The SMILES string of the molecule is CCN(CC)c1cccc(Oc2cc(C#N)c3c(c2)c(C2CCN(S(=O)CC)CC2)cn3COCCS(C)(C)C)c1. The average molecular weight is 599 g/mol. The summed E-state index contributed by atoms with van der Waals surface area (Å²) in [6, 6.07) is 14.5. The molecule has 0 N–H and O–H groups in total. The summed E-state index contributed by atoms with van der Waals surface area (Å²) in [7, 11) is -1.56. The standard InChI is InChI=1S/C32H46N4O3S2/c1-7-34(8-2)27-11-10-12-28(20-27)39-29-19-26(22-33)32-30(21-29)31(23-35(32)24-38-17-18-41(4,5)6)25-13-15-36(16-14-25)40(37)9-3/h10-12,19-21,23,25H,7-9,13-18,24H2,1-6H3. The monoisotopic (exact) mass is 598 g/mol. The minimum atomic E-state index is -0.914. The number of piperidine rings is 1. The van der Waals surface area contributed by atoms with E-state index in [1.54, 1.807) is 0 Å². The third-order valence-corrected chi connectivity index (χ3v) is 10.6. The van der Waals surface area contributed by atoms with Crippen LogP contribution in [0.2, 0.25) is 0 Å². The van der Waals surface area contributed by atoms with Gasteiger partial charge in [-0.15, -0.1) is 0 Å². The molecule has 0 amide bonds. The van der Waals surface area contributed by atoms with Gasteiger partial charge < -0.3 is 18.9 Å². The highest BCUT2D eigenvalue weighted by Gasteiger charge is 2.27. The number of benzene rings is 2. The number of aromatic nitrogens is 1. The summed E-state index contributed by atoms with van der Waals surface area (Å²) in [5, 5.41) is 11.3. The Morgan fingerprint density at radius 1 is 1.07 bits per heavy atom. The van der Waals surface area contributed by atoms with E-state index < -0.39 is 21.0 Å². The minimum absolute atomic E-state index is 0.315. The van der Waals surface area contributed by atoms with E-state index in [0.29, 0.717) is 36.3 Å². The summed E-state index contributed by atoms with van der Waals surface area (Å²) in [6.45, 7) is 10.8. The van der Waals surface area contributed by atoms with Crippen molar-refractivity contribution in [1.82, 2.24) is 8.87 Å². The first kappa shape index (κ1) is 31.4. The third-order valence-electron chi connectivity index (χ3n) is 7.78. The highest BCUT2D eigenvalue weighted by atomic mass is 32.3. The Morgan fingerprint density at radius 3 is 2.44 bits per heavy atom. The molecular weight excluding hydrogens is 553 g/mol. The van der Waals surface area contributed by atoms with Crippen LogP contribution in [0.5, 0.6) is 11.5 Å². The second kappa shape index (κ2) is 14.1. The lowest BCUT2D eigenvalue weighted by atomic mass is 9.89. The molecule has 1 atom stereocenters. The van der Waals surface area contributed by atoms with E-state index in [0.717, 1.165) is 67.1 Å². The molecule has 9 heteroatoms. The van der Waals surface area contributed by atoms with Gasteiger partial charge in [-0.2, -0.15) is 5.26 Å². The maximum atomic E-state index is 12.4. The predicted octanol–water partition coefficient (Wildman–Crippen LogP) is 6.68. The van der Waals surface area contributed by atoms with Gasteiger partial charge >= 0.3 is 0 Å². The van der Waals surface area contributed by atoms with Crippen LogP contribution in [-0.2, 0) is 22.5 Å². The van der Waals surface area contributed by atoms with E-state index >= 15 is 0 Å². The van der Waals surface area contributed by atoms with E-state index in [-0.39, 0.29) is 0 Å². The summed E-state index contributed by atoms with van der Waals surface area (Å²) < 4.78 is 29.1. The van der Waals surface area contributed by atoms with Crippen molar-refractivity contribution in [2.24, 2.45) is 0 Å². The van der Waals surface area contributed by atoms with Gasteiger partial charge in [0.1, 0.15) is 24.3 Å². The topological polar surface area (TPSA) is 70.7 Å². The molecule has 2 aromatic carbocycles. The van der Waals surface area contributed by atoms with Crippen LogP contribution in [-0.4, -0.2) is 76.1 Å².